The van der Waals surface area contributed by atoms with Crippen LogP contribution in [-0.2, 0) is 14.3 Å². The van der Waals surface area contributed by atoms with Gasteiger partial charge in [0.1, 0.15) is 6.04 Å². The lowest BCUT2D eigenvalue weighted by Crippen LogP contribution is -2.55. The van der Waals surface area contributed by atoms with Crippen LogP contribution in [0.2, 0.25) is 0 Å². The second kappa shape index (κ2) is 5.70. The fourth-order valence-electron chi connectivity index (χ4n) is 1.23. The van der Waals surface area contributed by atoms with Crippen LogP contribution in [0.4, 0.5) is 0 Å². The third kappa shape index (κ3) is 4.29. The van der Waals surface area contributed by atoms with Gasteiger partial charge in [0.2, 0.25) is 5.91 Å². The Bertz CT molecular complexity index is 231. The van der Waals surface area contributed by atoms with E-state index in [1.54, 1.807) is 0 Å². The number of hydrogen-bond acceptors (Lipinski definition) is 4. The Kier molecular flexibility index (Phi) is 4.55. The van der Waals surface area contributed by atoms with Crippen molar-refractivity contribution in [1.82, 2.24) is 10.6 Å². The van der Waals surface area contributed by atoms with Crippen LogP contribution in [-0.4, -0.2) is 37.6 Å². The minimum absolute atomic E-state index is 0.0822. The van der Waals surface area contributed by atoms with Gasteiger partial charge in [-0.15, -0.1) is 0 Å². The molecule has 86 valence electrons. The monoisotopic (exact) mass is 214 g/mol. The molecule has 1 saturated heterocycles. The minimum Gasteiger partial charge on any atom is -0.464 e. The Morgan fingerprint density at radius 3 is 2.87 bits per heavy atom. The van der Waals surface area contributed by atoms with Crippen molar-refractivity contribution >= 4 is 11.9 Å². The maximum atomic E-state index is 11.5. The number of rotatable bonds is 4. The van der Waals surface area contributed by atoms with Crippen molar-refractivity contribution in [3.8, 4) is 0 Å². The molecular weight excluding hydrogens is 196 g/mol. The van der Waals surface area contributed by atoms with E-state index in [0.717, 1.165) is 6.42 Å². The predicted octanol–water partition coefficient (Wildman–Crippen LogP) is -0.336. The van der Waals surface area contributed by atoms with E-state index in [4.69, 9.17) is 4.74 Å². The van der Waals surface area contributed by atoms with E-state index in [2.05, 4.69) is 24.5 Å². The molecule has 1 unspecified atom stereocenters. The number of hydrogen-bond donors (Lipinski definition) is 2. The standard InChI is InChI=1S/C10H18N2O3/c1-7(2)3-4-15-10(14)8-5-12-9(13)6-11-8/h7-8,11H,3-6H2,1-2H3,(H,12,13). The number of nitrogens with one attached hydrogen (secondary N) is 2. The highest BCUT2D eigenvalue weighted by Crippen LogP contribution is 2.00. The van der Waals surface area contributed by atoms with Gasteiger partial charge in [-0.1, -0.05) is 13.8 Å². The van der Waals surface area contributed by atoms with Crippen LogP contribution in [0.15, 0.2) is 0 Å². The van der Waals surface area contributed by atoms with Crippen molar-refractivity contribution in [1.29, 1.82) is 0 Å². The Morgan fingerprint density at radius 1 is 1.60 bits per heavy atom. The van der Waals surface area contributed by atoms with Crippen LogP contribution in [0.3, 0.4) is 0 Å². The molecule has 0 saturated carbocycles. The van der Waals surface area contributed by atoms with Gasteiger partial charge in [-0.25, -0.2) is 0 Å². The zero-order valence-corrected chi connectivity index (χ0v) is 9.21. The van der Waals surface area contributed by atoms with Gasteiger partial charge < -0.3 is 10.1 Å². The zero-order chi connectivity index (χ0) is 11.3. The van der Waals surface area contributed by atoms with Gasteiger partial charge in [-0.3, -0.25) is 14.9 Å². The molecule has 0 aromatic rings. The number of ether oxygens (including phenoxy) is 1. The fourth-order valence-corrected chi connectivity index (χ4v) is 1.23. The van der Waals surface area contributed by atoms with Crippen molar-refractivity contribution in [2.75, 3.05) is 19.7 Å². The molecule has 1 rings (SSSR count). The summed E-state index contributed by atoms with van der Waals surface area (Å²) in [4.78, 5) is 22.3. The van der Waals surface area contributed by atoms with E-state index >= 15 is 0 Å². The molecule has 1 heterocycles. The van der Waals surface area contributed by atoms with E-state index in [1.165, 1.54) is 0 Å². The van der Waals surface area contributed by atoms with Gasteiger partial charge in [-0.05, 0) is 12.3 Å². The van der Waals surface area contributed by atoms with Gasteiger partial charge >= 0.3 is 5.97 Å². The highest BCUT2D eigenvalue weighted by atomic mass is 16.5. The molecule has 1 fully saturated rings. The Labute approximate surface area is 89.6 Å². The van der Waals surface area contributed by atoms with Gasteiger partial charge in [0.25, 0.3) is 0 Å². The number of carbonyl (C=O) groups is 2. The Balaban J connectivity index is 2.19. The second-order valence-electron chi connectivity index (χ2n) is 4.09. The highest BCUT2D eigenvalue weighted by Gasteiger charge is 2.24. The van der Waals surface area contributed by atoms with Crippen molar-refractivity contribution in [3.05, 3.63) is 0 Å². The van der Waals surface area contributed by atoms with Crippen LogP contribution in [0.1, 0.15) is 20.3 Å². The minimum atomic E-state index is -0.394. The number of piperazine rings is 1. The molecule has 0 aromatic heterocycles. The average molecular weight is 214 g/mol. The summed E-state index contributed by atoms with van der Waals surface area (Å²) in [5.41, 5.74) is 0. The summed E-state index contributed by atoms with van der Waals surface area (Å²) >= 11 is 0. The van der Waals surface area contributed by atoms with Crippen molar-refractivity contribution < 1.29 is 14.3 Å². The molecule has 0 bridgehead atoms. The SMILES string of the molecule is CC(C)CCOC(=O)C1CNC(=O)CN1. The van der Waals surface area contributed by atoms with Gasteiger partial charge in [0.15, 0.2) is 0 Å². The molecule has 0 aliphatic carbocycles. The van der Waals surface area contributed by atoms with Crippen molar-refractivity contribution in [2.24, 2.45) is 5.92 Å². The first kappa shape index (κ1) is 12.0. The smallest absolute Gasteiger partial charge is 0.324 e. The molecule has 2 N–H and O–H groups in total. The fraction of sp³-hybridized carbons (Fsp3) is 0.800. The molecule has 1 amide bonds. The number of amides is 1. The lowest BCUT2D eigenvalue weighted by atomic mass is 10.1. The zero-order valence-electron chi connectivity index (χ0n) is 9.21. The molecule has 0 aromatic carbocycles. The first-order valence-electron chi connectivity index (χ1n) is 5.26. The summed E-state index contributed by atoms with van der Waals surface area (Å²) in [6, 6.07) is -0.394. The molecule has 1 aliphatic rings. The highest BCUT2D eigenvalue weighted by molar-refractivity contribution is 5.83. The number of carbonyl (C=O) groups excluding carboxylic acids is 2. The van der Waals surface area contributed by atoms with E-state index in [9.17, 15) is 9.59 Å². The molecule has 15 heavy (non-hydrogen) atoms. The van der Waals surface area contributed by atoms with Gasteiger partial charge in [-0.2, -0.15) is 0 Å². The molecule has 5 heteroatoms. The molecule has 0 spiro atoms. The Hall–Kier alpha value is -1.10. The molecule has 1 aliphatic heterocycles. The van der Waals surface area contributed by atoms with Gasteiger partial charge in [0.05, 0.1) is 13.2 Å². The van der Waals surface area contributed by atoms with E-state index in [-0.39, 0.29) is 18.4 Å². The molecular formula is C10H18N2O3. The summed E-state index contributed by atoms with van der Waals surface area (Å²) in [6.45, 7) is 5.10. The molecule has 0 radical (unpaired) electrons. The predicted molar refractivity (Wildman–Crippen MR) is 55.2 cm³/mol. The van der Waals surface area contributed by atoms with Crippen molar-refractivity contribution in [3.63, 3.8) is 0 Å². The maximum Gasteiger partial charge on any atom is 0.324 e. The van der Waals surface area contributed by atoms with Crippen LogP contribution in [0.25, 0.3) is 0 Å². The summed E-state index contributed by atoms with van der Waals surface area (Å²) in [7, 11) is 0. The first-order chi connectivity index (χ1) is 7.09. The topological polar surface area (TPSA) is 67.4 Å². The summed E-state index contributed by atoms with van der Waals surface area (Å²) in [5, 5.41) is 5.43. The average Bonchev–Trinajstić information content (AvgIpc) is 2.18. The maximum absolute atomic E-state index is 11.5. The molecule has 5 nitrogen and oxygen atoms in total. The summed E-state index contributed by atoms with van der Waals surface area (Å²) < 4.78 is 5.07. The van der Waals surface area contributed by atoms with Gasteiger partial charge in [0, 0.05) is 6.54 Å². The third-order valence-electron chi connectivity index (χ3n) is 2.24. The van der Waals surface area contributed by atoms with Crippen LogP contribution in [0.5, 0.6) is 0 Å². The van der Waals surface area contributed by atoms with Crippen LogP contribution in [0, 0.1) is 5.92 Å². The summed E-state index contributed by atoms with van der Waals surface area (Å²) in [6.07, 6.45) is 0.866. The van der Waals surface area contributed by atoms with E-state index in [1.807, 2.05) is 0 Å². The quantitative estimate of drug-likeness (QED) is 0.628. The van der Waals surface area contributed by atoms with Crippen LogP contribution >= 0.6 is 0 Å². The van der Waals surface area contributed by atoms with Crippen LogP contribution < -0.4 is 10.6 Å². The Morgan fingerprint density at radius 2 is 2.33 bits per heavy atom. The normalized spacial score (nSPS) is 21.3. The summed E-state index contributed by atoms with van der Waals surface area (Å²) in [5.74, 6) is 0.161. The lowest BCUT2D eigenvalue weighted by Gasteiger charge is -2.22. The second-order valence-corrected chi connectivity index (χ2v) is 4.09. The molecule has 1 atom stereocenters. The van der Waals surface area contributed by atoms with Crippen molar-refractivity contribution in [2.45, 2.75) is 26.3 Å². The van der Waals surface area contributed by atoms with E-state index < -0.39 is 6.04 Å². The van der Waals surface area contributed by atoms with E-state index in [0.29, 0.717) is 19.1 Å². The number of esters is 1. The largest absolute Gasteiger partial charge is 0.464 e. The first-order valence-corrected chi connectivity index (χ1v) is 5.26. The third-order valence-corrected chi connectivity index (χ3v) is 2.24. The lowest BCUT2D eigenvalue weighted by molar-refractivity contribution is -0.147.